The van der Waals surface area contributed by atoms with E-state index in [2.05, 4.69) is 9.50 Å². The Balaban J connectivity index is 2.20. The Labute approximate surface area is 115 Å². The van der Waals surface area contributed by atoms with Crippen molar-refractivity contribution >= 4 is 16.1 Å². The lowest BCUT2D eigenvalue weighted by molar-refractivity contribution is -0.142. The molecule has 2 N–H and O–H groups in total. The van der Waals surface area contributed by atoms with Gasteiger partial charge in [0.2, 0.25) is 0 Å². The highest BCUT2D eigenvalue weighted by atomic mass is 32.2. The molecule has 1 fully saturated rings. The second kappa shape index (κ2) is 5.47. The fourth-order valence-corrected chi connectivity index (χ4v) is 2.93. The van der Waals surface area contributed by atoms with Gasteiger partial charge in [-0.25, -0.2) is 9.18 Å². The molecule has 0 spiro atoms. The summed E-state index contributed by atoms with van der Waals surface area (Å²) in [5.74, 6) is -1.65. The van der Waals surface area contributed by atoms with Crippen LogP contribution in [0.4, 0.5) is 4.39 Å². The molecule has 0 aliphatic carbocycles. The summed E-state index contributed by atoms with van der Waals surface area (Å²) in [5.41, 5.74) is -1.38. The molecule has 1 atom stereocenters. The minimum absolute atomic E-state index is 0.293. The largest absolute Gasteiger partial charge is 0.394 e. The lowest BCUT2D eigenvalue weighted by Crippen LogP contribution is -2.52. The van der Waals surface area contributed by atoms with Crippen LogP contribution in [0.3, 0.4) is 0 Å². The lowest BCUT2D eigenvalue weighted by atomic mass is 9.99. The number of halogens is 1. The number of rotatable bonds is 4. The van der Waals surface area contributed by atoms with Crippen LogP contribution in [0.5, 0.6) is 0 Å². The molecule has 2 rings (SSSR count). The minimum atomic E-state index is -4.33. The van der Waals surface area contributed by atoms with Crippen LogP contribution in [0.2, 0.25) is 0 Å². The molecule has 110 valence electrons. The maximum atomic E-state index is 12.8. The second-order valence-electron chi connectivity index (χ2n) is 4.55. The summed E-state index contributed by atoms with van der Waals surface area (Å²) in [6.45, 7) is -0.0585. The normalized spacial score (nSPS) is 22.7. The minimum Gasteiger partial charge on any atom is -0.394 e. The van der Waals surface area contributed by atoms with Gasteiger partial charge >= 0.3 is 16.1 Å². The Morgan fingerprint density at radius 3 is 2.55 bits per heavy atom. The fraction of sp³-hybridized carbons (Fsp3) is 0.417. The van der Waals surface area contributed by atoms with Crippen molar-refractivity contribution < 1.29 is 26.9 Å². The molecule has 1 saturated heterocycles. The smallest absolute Gasteiger partial charge is 0.344 e. The quantitative estimate of drug-likeness (QED) is 0.770. The van der Waals surface area contributed by atoms with Gasteiger partial charge in [-0.05, 0) is 43.7 Å². The summed E-state index contributed by atoms with van der Waals surface area (Å²) >= 11 is 0. The number of benzene rings is 1. The van der Waals surface area contributed by atoms with Gasteiger partial charge in [0.1, 0.15) is 16.3 Å². The van der Waals surface area contributed by atoms with Crippen molar-refractivity contribution in [2.75, 3.05) is 13.2 Å². The van der Waals surface area contributed by atoms with Crippen molar-refractivity contribution in [3.8, 4) is 0 Å². The van der Waals surface area contributed by atoms with Crippen LogP contribution in [-0.2, 0) is 19.1 Å². The number of aliphatic hydroxyl groups is 1. The SMILES string of the molecule is O=C(OS(=O)(=O)c1ccc(F)cc1)C1(CO)CCCN1. The van der Waals surface area contributed by atoms with E-state index in [1.54, 1.807) is 0 Å². The van der Waals surface area contributed by atoms with Crippen molar-refractivity contribution in [3.63, 3.8) is 0 Å². The van der Waals surface area contributed by atoms with Crippen molar-refractivity contribution in [2.24, 2.45) is 0 Å². The highest BCUT2D eigenvalue weighted by Gasteiger charge is 2.44. The zero-order chi connectivity index (χ0) is 14.8. The molecule has 6 nitrogen and oxygen atoms in total. The summed E-state index contributed by atoms with van der Waals surface area (Å²) in [5, 5.41) is 12.0. The summed E-state index contributed by atoms with van der Waals surface area (Å²) in [6.07, 6.45) is 0.924. The van der Waals surface area contributed by atoms with Crippen LogP contribution in [0.25, 0.3) is 0 Å². The molecule has 0 saturated carbocycles. The molecule has 8 heteroatoms. The van der Waals surface area contributed by atoms with Crippen molar-refractivity contribution in [1.82, 2.24) is 5.32 Å². The number of carbonyl (C=O) groups is 1. The van der Waals surface area contributed by atoms with Gasteiger partial charge in [0.15, 0.2) is 0 Å². The van der Waals surface area contributed by atoms with Crippen LogP contribution in [0.1, 0.15) is 12.8 Å². The summed E-state index contributed by atoms with van der Waals surface area (Å²) in [4.78, 5) is 11.6. The highest BCUT2D eigenvalue weighted by molar-refractivity contribution is 7.87. The average molecular weight is 303 g/mol. The Kier molecular flexibility index (Phi) is 4.07. The topological polar surface area (TPSA) is 92.7 Å². The van der Waals surface area contributed by atoms with E-state index in [0.29, 0.717) is 19.4 Å². The second-order valence-corrected chi connectivity index (χ2v) is 6.10. The van der Waals surface area contributed by atoms with Gasteiger partial charge in [0.05, 0.1) is 6.61 Å². The van der Waals surface area contributed by atoms with Gasteiger partial charge in [-0.15, -0.1) is 0 Å². The molecular weight excluding hydrogens is 289 g/mol. The average Bonchev–Trinajstić information content (AvgIpc) is 2.88. The van der Waals surface area contributed by atoms with Crippen molar-refractivity contribution in [2.45, 2.75) is 23.3 Å². The van der Waals surface area contributed by atoms with E-state index < -0.39 is 34.1 Å². The van der Waals surface area contributed by atoms with Crippen LogP contribution in [0, 0.1) is 5.82 Å². The zero-order valence-electron chi connectivity index (χ0n) is 10.5. The molecule has 1 aromatic rings. The van der Waals surface area contributed by atoms with E-state index in [0.717, 1.165) is 24.3 Å². The molecule has 1 aromatic carbocycles. The van der Waals surface area contributed by atoms with Gasteiger partial charge in [0, 0.05) is 0 Å². The van der Waals surface area contributed by atoms with Crippen LogP contribution in [0.15, 0.2) is 29.2 Å². The molecular formula is C12H14FNO5S. The molecule has 0 bridgehead atoms. The third kappa shape index (κ3) is 2.82. The molecule has 0 aromatic heterocycles. The maximum Gasteiger partial charge on any atom is 0.344 e. The Bertz CT molecular complexity index is 593. The van der Waals surface area contributed by atoms with Gasteiger partial charge in [-0.3, -0.25) is 5.32 Å². The molecule has 1 aliphatic rings. The van der Waals surface area contributed by atoms with Gasteiger partial charge in [-0.2, -0.15) is 8.42 Å². The first kappa shape index (κ1) is 14.9. The van der Waals surface area contributed by atoms with Gasteiger partial charge in [0.25, 0.3) is 0 Å². The van der Waals surface area contributed by atoms with Crippen molar-refractivity contribution in [3.05, 3.63) is 30.1 Å². The monoisotopic (exact) mass is 303 g/mol. The zero-order valence-corrected chi connectivity index (χ0v) is 11.3. The molecule has 20 heavy (non-hydrogen) atoms. The first-order valence-corrected chi connectivity index (χ1v) is 7.41. The van der Waals surface area contributed by atoms with Crippen molar-refractivity contribution in [1.29, 1.82) is 0 Å². The molecule has 0 amide bonds. The maximum absolute atomic E-state index is 12.8. The van der Waals surface area contributed by atoms with E-state index in [9.17, 15) is 22.7 Å². The number of aliphatic hydroxyl groups excluding tert-OH is 1. The van der Waals surface area contributed by atoms with E-state index >= 15 is 0 Å². The first-order chi connectivity index (χ1) is 9.39. The van der Waals surface area contributed by atoms with E-state index in [-0.39, 0.29) is 4.90 Å². The number of nitrogens with one attached hydrogen (secondary N) is 1. The van der Waals surface area contributed by atoms with Gasteiger partial charge < -0.3 is 9.29 Å². The number of carbonyl (C=O) groups excluding carboxylic acids is 1. The van der Waals surface area contributed by atoms with Crippen LogP contribution < -0.4 is 5.32 Å². The standard InChI is InChI=1S/C12H14FNO5S/c13-9-2-4-10(5-3-9)20(17,18)19-11(16)12(8-15)6-1-7-14-12/h2-5,14-15H,1,6-8H2. The third-order valence-electron chi connectivity index (χ3n) is 3.19. The van der Waals surface area contributed by atoms with Crippen LogP contribution >= 0.6 is 0 Å². The molecule has 0 radical (unpaired) electrons. The highest BCUT2D eigenvalue weighted by Crippen LogP contribution is 2.23. The lowest BCUT2D eigenvalue weighted by Gasteiger charge is -2.23. The first-order valence-electron chi connectivity index (χ1n) is 6.00. The fourth-order valence-electron chi connectivity index (χ4n) is 2.01. The molecule has 1 aliphatic heterocycles. The summed E-state index contributed by atoms with van der Waals surface area (Å²) in [7, 11) is -4.33. The van der Waals surface area contributed by atoms with Crippen LogP contribution in [-0.4, -0.2) is 38.2 Å². The van der Waals surface area contributed by atoms with E-state index in [1.165, 1.54) is 0 Å². The van der Waals surface area contributed by atoms with E-state index in [4.69, 9.17) is 0 Å². The van der Waals surface area contributed by atoms with E-state index in [1.807, 2.05) is 0 Å². The molecule has 1 unspecified atom stereocenters. The Hall–Kier alpha value is -1.51. The predicted octanol–water partition coefficient (Wildman–Crippen LogP) is 0.172. The molecule has 1 heterocycles. The summed E-state index contributed by atoms with van der Waals surface area (Å²) in [6, 6.07) is 3.92. The number of hydrogen-bond donors (Lipinski definition) is 2. The summed E-state index contributed by atoms with van der Waals surface area (Å²) < 4.78 is 41.1. The van der Waals surface area contributed by atoms with Gasteiger partial charge in [-0.1, -0.05) is 0 Å². The number of hydrogen-bond acceptors (Lipinski definition) is 6. The predicted molar refractivity (Wildman–Crippen MR) is 66.7 cm³/mol. The third-order valence-corrected chi connectivity index (χ3v) is 4.41. The Morgan fingerprint density at radius 2 is 2.05 bits per heavy atom. The Morgan fingerprint density at radius 1 is 1.40 bits per heavy atom.